The number of aromatic hydroxyl groups is 1. The number of hydrogen-bond donors (Lipinski definition) is 1. The van der Waals surface area contributed by atoms with Crippen molar-refractivity contribution in [2.75, 3.05) is 6.26 Å². The normalized spacial score (nSPS) is 12.3. The smallest absolute Gasteiger partial charge is 0.435 e. The molecule has 0 saturated carbocycles. The fourth-order valence-corrected chi connectivity index (χ4v) is 5.28. The second kappa shape index (κ2) is 8.35. The molecule has 0 unspecified atom stereocenters. The fraction of sp³-hybridized carbons (Fsp3) is 0.0952. The summed E-state index contributed by atoms with van der Waals surface area (Å²) in [7, 11) is -3.69. The van der Waals surface area contributed by atoms with Gasteiger partial charge in [0.1, 0.15) is 10.6 Å². The molecule has 0 atom stereocenters. The maximum absolute atomic E-state index is 13.4. The van der Waals surface area contributed by atoms with E-state index in [0.29, 0.717) is 15.3 Å². The molecule has 33 heavy (non-hydrogen) atoms. The summed E-state index contributed by atoms with van der Waals surface area (Å²) >= 11 is 13.4. The number of benzene rings is 2. The summed E-state index contributed by atoms with van der Waals surface area (Å²) in [5.41, 5.74) is -0.321. The molecule has 0 aliphatic rings. The Morgan fingerprint density at radius 2 is 1.70 bits per heavy atom. The number of rotatable bonds is 4. The number of phenolic OH excluding ortho intramolecular Hbond substituents is 1. The SMILES string of the molecule is CS(=O)(=O)c1cc(-c2ccc(-c3cc(C(F)(F)F)nn3-c3cc(Cl)ccc3Cl)s2)ccc1O. The first-order chi connectivity index (χ1) is 15.3. The number of hydrogen-bond acceptors (Lipinski definition) is 5. The van der Waals surface area contributed by atoms with E-state index in [0.717, 1.165) is 28.3 Å². The molecule has 4 rings (SSSR count). The Labute approximate surface area is 200 Å². The van der Waals surface area contributed by atoms with E-state index in [2.05, 4.69) is 5.10 Å². The van der Waals surface area contributed by atoms with Gasteiger partial charge >= 0.3 is 6.18 Å². The molecular weight excluding hydrogens is 520 g/mol. The van der Waals surface area contributed by atoms with Crippen LogP contribution in [0.4, 0.5) is 13.2 Å². The first kappa shape index (κ1) is 23.6. The lowest BCUT2D eigenvalue weighted by Gasteiger charge is -2.09. The van der Waals surface area contributed by atoms with Crippen molar-refractivity contribution in [2.45, 2.75) is 11.1 Å². The van der Waals surface area contributed by atoms with Gasteiger partial charge in [0.05, 0.1) is 21.3 Å². The van der Waals surface area contributed by atoms with Gasteiger partial charge in [-0.25, -0.2) is 13.1 Å². The van der Waals surface area contributed by atoms with E-state index in [1.165, 1.54) is 36.4 Å². The second-order valence-corrected chi connectivity index (χ2v) is 11.0. The van der Waals surface area contributed by atoms with Gasteiger partial charge in [0, 0.05) is 16.2 Å². The van der Waals surface area contributed by atoms with Crippen LogP contribution < -0.4 is 0 Å². The van der Waals surface area contributed by atoms with Crippen LogP contribution in [0.3, 0.4) is 0 Å². The van der Waals surface area contributed by atoms with Crippen LogP contribution in [0, 0.1) is 0 Å². The van der Waals surface area contributed by atoms with Gasteiger partial charge in [0.15, 0.2) is 15.5 Å². The fourth-order valence-electron chi connectivity index (χ4n) is 3.12. The Kier molecular flexibility index (Phi) is 5.98. The predicted octanol–water partition coefficient (Wildman–Crippen LogP) is 6.70. The van der Waals surface area contributed by atoms with Gasteiger partial charge in [-0.05, 0) is 60.2 Å². The highest BCUT2D eigenvalue weighted by atomic mass is 35.5. The minimum absolute atomic E-state index is 0.129. The summed E-state index contributed by atoms with van der Waals surface area (Å²) < 4.78 is 65.3. The molecule has 0 aliphatic heterocycles. The Morgan fingerprint density at radius 3 is 2.36 bits per heavy atom. The molecule has 4 aromatic rings. The molecule has 2 aromatic heterocycles. The summed E-state index contributed by atoms with van der Waals surface area (Å²) in [6.07, 6.45) is -3.72. The highest BCUT2D eigenvalue weighted by molar-refractivity contribution is 7.90. The van der Waals surface area contributed by atoms with Crippen LogP contribution >= 0.6 is 34.5 Å². The molecule has 0 bridgehead atoms. The monoisotopic (exact) mass is 532 g/mol. The molecule has 1 N–H and O–H groups in total. The third kappa shape index (κ3) is 4.74. The van der Waals surface area contributed by atoms with Crippen molar-refractivity contribution in [1.29, 1.82) is 0 Å². The topological polar surface area (TPSA) is 72.2 Å². The van der Waals surface area contributed by atoms with Crippen LogP contribution in [0.2, 0.25) is 10.0 Å². The first-order valence-corrected chi connectivity index (χ1v) is 12.6. The second-order valence-electron chi connectivity index (χ2n) is 7.04. The minimum atomic E-state index is -4.69. The third-order valence-corrected chi connectivity index (χ3v) is 7.48. The maximum atomic E-state index is 13.4. The zero-order valence-corrected chi connectivity index (χ0v) is 19.7. The number of thiophene rings is 1. The van der Waals surface area contributed by atoms with Crippen LogP contribution in [-0.4, -0.2) is 29.6 Å². The Morgan fingerprint density at radius 1 is 1.00 bits per heavy atom. The standard InChI is InChI=1S/C21H13Cl2F3N2O3S2/c1-33(30,31)19-8-11(2-5-16(19)29)17-6-7-18(32-17)15-10-20(21(24,25)26)27-28(15)14-9-12(22)3-4-13(14)23/h2-10,29H,1H3. The lowest BCUT2D eigenvalue weighted by Crippen LogP contribution is -2.07. The number of alkyl halides is 3. The summed E-state index contributed by atoms with van der Waals surface area (Å²) in [6.45, 7) is 0. The van der Waals surface area contributed by atoms with E-state index in [1.807, 2.05) is 0 Å². The summed E-state index contributed by atoms with van der Waals surface area (Å²) in [5, 5.41) is 14.0. The largest absolute Gasteiger partial charge is 0.507 e. The number of nitrogens with zero attached hydrogens (tertiary/aromatic N) is 2. The van der Waals surface area contributed by atoms with Crippen molar-refractivity contribution in [1.82, 2.24) is 9.78 Å². The number of phenols is 1. The maximum Gasteiger partial charge on any atom is 0.435 e. The Hall–Kier alpha value is -2.53. The van der Waals surface area contributed by atoms with Gasteiger partial charge in [-0.2, -0.15) is 18.3 Å². The van der Waals surface area contributed by atoms with Crippen molar-refractivity contribution in [3.63, 3.8) is 0 Å². The highest BCUT2D eigenvalue weighted by Crippen LogP contribution is 2.40. The van der Waals surface area contributed by atoms with Crippen molar-refractivity contribution in [2.24, 2.45) is 0 Å². The molecule has 2 heterocycles. The van der Waals surface area contributed by atoms with Crippen LogP contribution in [0.15, 0.2) is 59.5 Å². The lowest BCUT2D eigenvalue weighted by atomic mass is 10.2. The molecule has 0 saturated heterocycles. The number of sulfone groups is 1. The van der Waals surface area contributed by atoms with Gasteiger partial charge in [0.25, 0.3) is 0 Å². The van der Waals surface area contributed by atoms with Crippen molar-refractivity contribution < 1.29 is 26.7 Å². The van der Waals surface area contributed by atoms with Gasteiger partial charge in [-0.3, -0.25) is 0 Å². The summed E-state index contributed by atoms with van der Waals surface area (Å²) in [5.74, 6) is -0.387. The molecule has 0 radical (unpaired) electrons. The van der Waals surface area contributed by atoms with Crippen molar-refractivity contribution in [3.05, 3.63) is 70.3 Å². The zero-order valence-electron chi connectivity index (χ0n) is 16.6. The molecule has 0 amide bonds. The molecule has 12 heteroatoms. The summed E-state index contributed by atoms with van der Waals surface area (Å²) in [6, 6.07) is 12.6. The van der Waals surface area contributed by atoms with Gasteiger partial charge in [-0.15, -0.1) is 11.3 Å². The molecule has 0 fully saturated rings. The van der Waals surface area contributed by atoms with Crippen LogP contribution in [0.5, 0.6) is 5.75 Å². The Balaban J connectivity index is 1.87. The predicted molar refractivity (Wildman–Crippen MR) is 122 cm³/mol. The van der Waals surface area contributed by atoms with E-state index >= 15 is 0 Å². The summed E-state index contributed by atoms with van der Waals surface area (Å²) in [4.78, 5) is 0.761. The highest BCUT2D eigenvalue weighted by Gasteiger charge is 2.35. The molecule has 0 spiro atoms. The van der Waals surface area contributed by atoms with Gasteiger partial charge in [0.2, 0.25) is 0 Å². The average molecular weight is 533 g/mol. The zero-order chi connectivity index (χ0) is 24.1. The third-order valence-electron chi connectivity index (χ3n) is 4.64. The lowest BCUT2D eigenvalue weighted by molar-refractivity contribution is -0.141. The van der Waals surface area contributed by atoms with Crippen LogP contribution in [0.1, 0.15) is 5.69 Å². The van der Waals surface area contributed by atoms with E-state index in [4.69, 9.17) is 23.2 Å². The number of halogens is 5. The average Bonchev–Trinajstić information content (AvgIpc) is 3.36. The van der Waals surface area contributed by atoms with Crippen LogP contribution in [0.25, 0.3) is 26.7 Å². The molecule has 5 nitrogen and oxygen atoms in total. The van der Waals surface area contributed by atoms with Crippen molar-refractivity contribution >= 4 is 44.4 Å². The quantitative estimate of drug-likeness (QED) is 0.317. The molecular formula is C21H13Cl2F3N2O3S2. The molecule has 2 aromatic carbocycles. The van der Waals surface area contributed by atoms with Crippen LogP contribution in [-0.2, 0) is 16.0 Å². The van der Waals surface area contributed by atoms with Gasteiger partial charge in [-0.1, -0.05) is 23.2 Å². The number of aromatic nitrogens is 2. The molecule has 172 valence electrons. The minimum Gasteiger partial charge on any atom is -0.507 e. The first-order valence-electron chi connectivity index (χ1n) is 9.11. The van der Waals surface area contributed by atoms with Crippen molar-refractivity contribution in [3.8, 4) is 32.4 Å². The van der Waals surface area contributed by atoms with E-state index in [1.54, 1.807) is 12.1 Å². The van der Waals surface area contributed by atoms with E-state index in [-0.39, 0.29) is 32.1 Å². The van der Waals surface area contributed by atoms with E-state index < -0.39 is 21.7 Å². The Bertz CT molecular complexity index is 1480. The molecule has 0 aliphatic carbocycles. The van der Waals surface area contributed by atoms with E-state index in [9.17, 15) is 26.7 Å². The van der Waals surface area contributed by atoms with Gasteiger partial charge < -0.3 is 5.11 Å².